The summed E-state index contributed by atoms with van der Waals surface area (Å²) in [4.78, 5) is 50.9. The smallest absolute Gasteiger partial charge is 0.330 e. The molecule has 0 radical (unpaired) electrons. The average molecular weight is 383 g/mol. The van der Waals surface area contributed by atoms with Gasteiger partial charge < -0.3 is 4.74 Å². The van der Waals surface area contributed by atoms with E-state index in [2.05, 4.69) is 0 Å². The minimum absolute atomic E-state index is 0.197. The first-order chi connectivity index (χ1) is 13.3. The van der Waals surface area contributed by atoms with Crippen molar-refractivity contribution in [3.8, 4) is 0 Å². The van der Waals surface area contributed by atoms with Crippen molar-refractivity contribution in [1.82, 2.24) is 4.90 Å². The quantitative estimate of drug-likeness (QED) is 0.435. The molecule has 1 aliphatic heterocycles. The highest BCUT2D eigenvalue weighted by atomic mass is 19.1. The average Bonchev–Trinajstić information content (AvgIpc) is 2.92. The summed E-state index contributed by atoms with van der Waals surface area (Å²) in [5.41, 5.74) is 0.235. The van der Waals surface area contributed by atoms with Gasteiger partial charge in [-0.3, -0.25) is 19.3 Å². The van der Waals surface area contributed by atoms with E-state index in [1.54, 1.807) is 26.0 Å². The van der Waals surface area contributed by atoms with Crippen molar-refractivity contribution in [2.24, 2.45) is 5.92 Å². The Morgan fingerprint density at radius 1 is 0.964 bits per heavy atom. The van der Waals surface area contributed by atoms with Gasteiger partial charge >= 0.3 is 5.97 Å². The van der Waals surface area contributed by atoms with Gasteiger partial charge in [-0.05, 0) is 30.2 Å². The lowest BCUT2D eigenvalue weighted by Gasteiger charge is -2.27. The van der Waals surface area contributed by atoms with Crippen LogP contribution in [-0.2, 0) is 9.53 Å². The lowest BCUT2D eigenvalue weighted by molar-refractivity contribution is -0.148. The fourth-order valence-corrected chi connectivity index (χ4v) is 3.12. The number of rotatable bonds is 6. The molecule has 1 heterocycles. The van der Waals surface area contributed by atoms with Crippen LogP contribution < -0.4 is 0 Å². The number of hydrogen-bond donors (Lipinski definition) is 0. The Bertz CT molecular complexity index is 934. The minimum Gasteiger partial charge on any atom is -0.456 e. The number of halogens is 1. The molecular formula is C21H18FNO5. The maximum Gasteiger partial charge on any atom is 0.330 e. The van der Waals surface area contributed by atoms with Crippen molar-refractivity contribution in [3.05, 3.63) is 71.0 Å². The number of ether oxygens (including phenoxy) is 1. The van der Waals surface area contributed by atoms with E-state index in [9.17, 15) is 23.6 Å². The van der Waals surface area contributed by atoms with Gasteiger partial charge in [-0.2, -0.15) is 0 Å². The Labute approximate surface area is 160 Å². The van der Waals surface area contributed by atoms with Crippen LogP contribution in [0.15, 0.2) is 48.5 Å². The van der Waals surface area contributed by atoms with Crippen molar-refractivity contribution in [2.45, 2.75) is 19.9 Å². The highest BCUT2D eigenvalue weighted by Crippen LogP contribution is 2.27. The van der Waals surface area contributed by atoms with Gasteiger partial charge in [-0.15, -0.1) is 0 Å². The second-order valence-electron chi connectivity index (χ2n) is 6.73. The van der Waals surface area contributed by atoms with Crippen LogP contribution in [-0.4, -0.2) is 41.1 Å². The van der Waals surface area contributed by atoms with E-state index in [-0.39, 0.29) is 16.7 Å². The molecule has 0 N–H and O–H groups in total. The van der Waals surface area contributed by atoms with Crippen LogP contribution in [0.2, 0.25) is 0 Å². The third kappa shape index (κ3) is 3.43. The Kier molecular flexibility index (Phi) is 5.35. The molecule has 0 aliphatic carbocycles. The second-order valence-corrected chi connectivity index (χ2v) is 6.73. The number of hydrogen-bond acceptors (Lipinski definition) is 5. The van der Waals surface area contributed by atoms with Crippen molar-refractivity contribution in [3.63, 3.8) is 0 Å². The highest BCUT2D eigenvalue weighted by molar-refractivity contribution is 6.22. The fraction of sp³-hybridized carbons (Fsp3) is 0.238. The SMILES string of the molecule is CC(C)[C@H](C(=O)OCC(=O)c1ccccc1F)N1C(=O)c2ccccc2C1=O. The van der Waals surface area contributed by atoms with Gasteiger partial charge in [-0.1, -0.05) is 38.1 Å². The van der Waals surface area contributed by atoms with Gasteiger partial charge in [0, 0.05) is 0 Å². The molecule has 7 heteroatoms. The van der Waals surface area contributed by atoms with Crippen LogP contribution in [0, 0.1) is 11.7 Å². The summed E-state index contributed by atoms with van der Waals surface area (Å²) in [6, 6.07) is 10.4. The van der Waals surface area contributed by atoms with E-state index in [4.69, 9.17) is 4.74 Å². The lowest BCUT2D eigenvalue weighted by Crippen LogP contribution is -2.49. The van der Waals surface area contributed by atoms with Crippen molar-refractivity contribution in [1.29, 1.82) is 0 Å². The summed E-state index contributed by atoms with van der Waals surface area (Å²) in [6.07, 6.45) is 0. The Morgan fingerprint density at radius 2 is 1.50 bits per heavy atom. The van der Waals surface area contributed by atoms with Crippen molar-refractivity contribution >= 4 is 23.6 Å². The largest absolute Gasteiger partial charge is 0.456 e. The van der Waals surface area contributed by atoms with Crippen LogP contribution >= 0.6 is 0 Å². The van der Waals surface area contributed by atoms with Crippen LogP contribution in [0.3, 0.4) is 0 Å². The van der Waals surface area contributed by atoms with Crippen molar-refractivity contribution < 1.29 is 28.3 Å². The van der Waals surface area contributed by atoms with E-state index < -0.39 is 48.0 Å². The summed E-state index contributed by atoms with van der Waals surface area (Å²) in [5, 5.41) is 0. The molecule has 1 aliphatic rings. The summed E-state index contributed by atoms with van der Waals surface area (Å²) < 4.78 is 18.7. The molecule has 0 fully saturated rings. The normalized spacial score (nSPS) is 14.2. The molecule has 0 aromatic heterocycles. The number of nitrogens with zero attached hydrogens (tertiary/aromatic N) is 1. The minimum atomic E-state index is -1.19. The predicted molar refractivity (Wildman–Crippen MR) is 97.3 cm³/mol. The predicted octanol–water partition coefficient (Wildman–Crippen LogP) is 2.87. The molecule has 0 spiro atoms. The van der Waals surface area contributed by atoms with Crippen LogP contribution in [0.5, 0.6) is 0 Å². The molecule has 1 atom stereocenters. The molecule has 0 saturated heterocycles. The number of benzene rings is 2. The van der Waals surface area contributed by atoms with Crippen LogP contribution in [0.4, 0.5) is 4.39 Å². The van der Waals surface area contributed by atoms with E-state index in [0.29, 0.717) is 0 Å². The first-order valence-electron chi connectivity index (χ1n) is 8.74. The zero-order valence-corrected chi connectivity index (χ0v) is 15.3. The number of imide groups is 1. The molecule has 3 rings (SSSR count). The van der Waals surface area contributed by atoms with Crippen LogP contribution in [0.25, 0.3) is 0 Å². The lowest BCUT2D eigenvalue weighted by atomic mass is 10.0. The summed E-state index contributed by atoms with van der Waals surface area (Å²) in [7, 11) is 0. The highest BCUT2D eigenvalue weighted by Gasteiger charge is 2.44. The molecule has 144 valence electrons. The van der Waals surface area contributed by atoms with E-state index in [0.717, 1.165) is 11.0 Å². The zero-order chi connectivity index (χ0) is 20.4. The molecular weight excluding hydrogens is 365 g/mol. The Hall–Kier alpha value is -3.35. The Balaban J connectivity index is 1.77. The maximum absolute atomic E-state index is 13.7. The number of fused-ring (bicyclic) bond motifs is 1. The number of carbonyl (C=O) groups is 4. The monoisotopic (exact) mass is 383 g/mol. The third-order valence-electron chi connectivity index (χ3n) is 4.50. The fourth-order valence-electron chi connectivity index (χ4n) is 3.12. The number of Topliss-reactive ketones (excluding diaryl/α,β-unsaturated/α-hetero) is 1. The number of ketones is 1. The van der Waals surface area contributed by atoms with Crippen molar-refractivity contribution in [2.75, 3.05) is 6.61 Å². The number of carbonyl (C=O) groups excluding carboxylic acids is 4. The topological polar surface area (TPSA) is 80.8 Å². The van der Waals surface area contributed by atoms with E-state index in [1.165, 1.54) is 30.3 Å². The standard InChI is InChI=1S/C21H18FNO5/c1-12(2)18(23-19(25)13-7-3-4-8-14(13)20(23)26)21(27)28-11-17(24)15-9-5-6-10-16(15)22/h3-10,12,18H,11H2,1-2H3/t18-/m1/s1. The Morgan fingerprint density at radius 3 is 2.04 bits per heavy atom. The van der Waals surface area contributed by atoms with Gasteiger partial charge in [0.2, 0.25) is 5.78 Å². The molecule has 2 amide bonds. The zero-order valence-electron chi connectivity index (χ0n) is 15.3. The van der Waals surface area contributed by atoms with Gasteiger partial charge in [-0.25, -0.2) is 9.18 Å². The third-order valence-corrected chi connectivity index (χ3v) is 4.50. The molecule has 28 heavy (non-hydrogen) atoms. The van der Waals surface area contributed by atoms with E-state index in [1.807, 2.05) is 0 Å². The first kappa shape index (κ1) is 19.4. The molecule has 0 unspecified atom stereocenters. The summed E-state index contributed by atoms with van der Waals surface area (Å²) in [6.45, 7) is 2.63. The first-order valence-corrected chi connectivity index (χ1v) is 8.74. The molecule has 6 nitrogen and oxygen atoms in total. The number of esters is 1. The molecule has 2 aromatic carbocycles. The maximum atomic E-state index is 13.7. The van der Waals surface area contributed by atoms with Gasteiger partial charge in [0.15, 0.2) is 6.61 Å². The molecule has 2 aromatic rings. The van der Waals surface area contributed by atoms with E-state index >= 15 is 0 Å². The van der Waals surface area contributed by atoms with Crippen LogP contribution in [0.1, 0.15) is 44.9 Å². The summed E-state index contributed by atoms with van der Waals surface area (Å²) >= 11 is 0. The second kappa shape index (κ2) is 7.72. The van der Waals surface area contributed by atoms with Gasteiger partial charge in [0.25, 0.3) is 11.8 Å². The summed E-state index contributed by atoms with van der Waals surface area (Å²) in [5.74, 6) is -3.94. The molecule has 0 saturated carbocycles. The van der Waals surface area contributed by atoms with Gasteiger partial charge in [0.05, 0.1) is 16.7 Å². The molecule has 0 bridgehead atoms. The number of amides is 2. The van der Waals surface area contributed by atoms with Gasteiger partial charge in [0.1, 0.15) is 11.9 Å².